The van der Waals surface area contributed by atoms with E-state index in [1.54, 1.807) is 0 Å². The van der Waals surface area contributed by atoms with Gasteiger partial charge in [-0.25, -0.2) is 4.79 Å². The van der Waals surface area contributed by atoms with Crippen LogP contribution in [0.1, 0.15) is 70.6 Å². The van der Waals surface area contributed by atoms with Gasteiger partial charge < -0.3 is 65.7 Å². The smallest absolute Gasteiger partial charge is 0.326 e. The molecule has 1 fully saturated rings. The summed E-state index contributed by atoms with van der Waals surface area (Å²) in [5, 5.41) is 19.2. The lowest BCUT2D eigenvalue weighted by atomic mass is 10.1. The highest BCUT2D eigenvalue weighted by Gasteiger charge is 2.36. The van der Waals surface area contributed by atoms with Gasteiger partial charge in [0.25, 0.3) is 0 Å². The zero-order chi connectivity index (χ0) is 36.9. The molecule has 0 aromatic rings. The molecule has 1 saturated heterocycles. The number of nitrogens with two attached hydrogens (primary N) is 6. The molecule has 0 aliphatic carbocycles. The van der Waals surface area contributed by atoms with Crippen LogP contribution in [0.25, 0.3) is 0 Å². The quantitative estimate of drug-likeness (QED) is 0.0256. The third-order valence-electron chi connectivity index (χ3n) is 7.74. The highest BCUT2D eigenvalue weighted by Crippen LogP contribution is 2.19. The van der Waals surface area contributed by atoms with Crippen molar-refractivity contribution in [2.45, 2.75) is 101 Å². The van der Waals surface area contributed by atoms with Crippen LogP contribution in [0.3, 0.4) is 0 Å². The average molecular weight is 699 g/mol. The Labute approximate surface area is 285 Å². The first-order chi connectivity index (χ1) is 23.2. The maximum Gasteiger partial charge on any atom is 0.326 e. The SMILES string of the molecule is NCCCCC(N)C(=O)N1CCCC1C(=O)NCC(=O)NC(CCCN=C(N)N)C(=O)NC(CCCCN)C(=O)NC(CC(N)=O)C(=O)O. The molecule has 20 nitrogen and oxygen atoms in total. The monoisotopic (exact) mass is 698 g/mol. The van der Waals surface area contributed by atoms with Crippen molar-refractivity contribution in [3.05, 3.63) is 0 Å². The summed E-state index contributed by atoms with van der Waals surface area (Å²) in [6.07, 6.45) is 3.32. The number of primary amides is 1. The van der Waals surface area contributed by atoms with Crippen molar-refractivity contribution in [2.75, 3.05) is 32.7 Å². The number of guanidine groups is 1. The second-order valence-electron chi connectivity index (χ2n) is 11.8. The number of carboxylic acids is 1. The maximum absolute atomic E-state index is 13.4. The first kappa shape index (κ1) is 42.5. The molecule has 278 valence electrons. The summed E-state index contributed by atoms with van der Waals surface area (Å²) in [6, 6.07) is -5.69. The van der Waals surface area contributed by atoms with Crippen molar-refractivity contribution >= 4 is 47.4 Å². The number of rotatable bonds is 24. The van der Waals surface area contributed by atoms with E-state index in [0.717, 1.165) is 6.42 Å². The summed E-state index contributed by atoms with van der Waals surface area (Å²) in [5.74, 6) is -5.94. The standard InChI is InChI=1S/C29H54N12O8/c30-11-3-1-7-17(32)27(47)41-14-6-10-21(41)26(46)37-16-23(43)38-18(9-5-13-36-29(34)35)24(44)39-19(8-2-4-12-31)25(45)40-20(28(48)49)15-22(33)42/h17-21H,1-16,30-32H2,(H2,33,42)(H,37,46)(H,38,43)(H,39,44)(H,40,45)(H,48,49)(H4,34,35,36). The van der Waals surface area contributed by atoms with Gasteiger partial charge in [0.2, 0.25) is 35.4 Å². The average Bonchev–Trinajstić information content (AvgIpc) is 3.53. The van der Waals surface area contributed by atoms with Crippen molar-refractivity contribution in [2.24, 2.45) is 39.4 Å². The van der Waals surface area contributed by atoms with E-state index in [0.29, 0.717) is 58.2 Å². The molecule has 0 aromatic carbocycles. The molecule has 0 aromatic heterocycles. The van der Waals surface area contributed by atoms with Gasteiger partial charge in [-0.1, -0.05) is 6.42 Å². The number of likely N-dealkylation sites (tertiary alicyclic amines) is 1. The topological polar surface area (TPSA) is 360 Å². The molecule has 1 heterocycles. The Bertz CT molecular complexity index is 1170. The summed E-state index contributed by atoms with van der Waals surface area (Å²) in [4.78, 5) is 93.5. The number of carbonyl (C=O) groups excluding carboxylic acids is 6. The Balaban J connectivity index is 2.99. The van der Waals surface area contributed by atoms with Crippen LogP contribution in [0, 0.1) is 0 Å². The van der Waals surface area contributed by atoms with Crippen LogP contribution in [0.5, 0.6) is 0 Å². The number of aliphatic carboxylic acids is 1. The zero-order valence-electron chi connectivity index (χ0n) is 27.9. The van der Waals surface area contributed by atoms with Crippen molar-refractivity contribution in [3.8, 4) is 0 Å². The third kappa shape index (κ3) is 16.4. The number of carbonyl (C=O) groups is 7. The fourth-order valence-electron chi connectivity index (χ4n) is 5.16. The zero-order valence-corrected chi connectivity index (χ0v) is 27.9. The van der Waals surface area contributed by atoms with Gasteiger partial charge >= 0.3 is 5.97 Å². The lowest BCUT2D eigenvalue weighted by Gasteiger charge is -2.27. The van der Waals surface area contributed by atoms with E-state index in [-0.39, 0.29) is 37.7 Å². The van der Waals surface area contributed by atoms with Crippen LogP contribution in [0.2, 0.25) is 0 Å². The first-order valence-corrected chi connectivity index (χ1v) is 16.4. The third-order valence-corrected chi connectivity index (χ3v) is 7.74. The van der Waals surface area contributed by atoms with Crippen molar-refractivity contribution < 1.29 is 38.7 Å². The van der Waals surface area contributed by atoms with Gasteiger partial charge in [0.15, 0.2) is 5.96 Å². The number of amides is 6. The molecule has 0 bridgehead atoms. The van der Waals surface area contributed by atoms with Crippen LogP contribution in [-0.2, 0) is 33.6 Å². The number of hydrogen-bond donors (Lipinski definition) is 11. The minimum Gasteiger partial charge on any atom is -0.480 e. The molecule has 0 spiro atoms. The van der Waals surface area contributed by atoms with Gasteiger partial charge in [0.1, 0.15) is 24.2 Å². The van der Waals surface area contributed by atoms with Gasteiger partial charge in [-0.05, 0) is 70.9 Å². The van der Waals surface area contributed by atoms with Gasteiger partial charge in [0.05, 0.1) is 19.0 Å². The summed E-state index contributed by atoms with van der Waals surface area (Å²) >= 11 is 0. The van der Waals surface area contributed by atoms with Gasteiger partial charge in [0, 0.05) is 13.1 Å². The Kier molecular flexibility index (Phi) is 19.9. The molecular formula is C29H54N12O8. The molecule has 1 aliphatic heterocycles. The maximum atomic E-state index is 13.4. The van der Waals surface area contributed by atoms with E-state index in [4.69, 9.17) is 34.4 Å². The number of hydrogen-bond acceptors (Lipinski definition) is 11. The number of nitrogens with zero attached hydrogens (tertiary/aromatic N) is 2. The van der Waals surface area contributed by atoms with Gasteiger partial charge in [-0.3, -0.25) is 33.8 Å². The molecule has 20 heteroatoms. The normalized spacial score (nSPS) is 16.4. The predicted octanol–water partition coefficient (Wildman–Crippen LogP) is -4.85. The van der Waals surface area contributed by atoms with Crippen LogP contribution in [0.4, 0.5) is 0 Å². The highest BCUT2D eigenvalue weighted by molar-refractivity contribution is 5.96. The van der Waals surface area contributed by atoms with E-state index in [2.05, 4.69) is 26.3 Å². The number of aliphatic imine (C=N–C) groups is 1. The van der Waals surface area contributed by atoms with Crippen molar-refractivity contribution in [3.63, 3.8) is 0 Å². The summed E-state index contributed by atoms with van der Waals surface area (Å²) in [7, 11) is 0. The molecule has 1 rings (SSSR count). The van der Waals surface area contributed by atoms with Crippen molar-refractivity contribution in [1.82, 2.24) is 26.2 Å². The van der Waals surface area contributed by atoms with Crippen molar-refractivity contribution in [1.29, 1.82) is 0 Å². The Morgan fingerprint density at radius 3 is 1.94 bits per heavy atom. The fourth-order valence-corrected chi connectivity index (χ4v) is 5.16. The first-order valence-electron chi connectivity index (χ1n) is 16.4. The van der Waals surface area contributed by atoms with E-state index < -0.39 is 78.7 Å². The highest BCUT2D eigenvalue weighted by atomic mass is 16.4. The molecule has 0 saturated carbocycles. The number of unbranched alkanes of at least 4 members (excludes halogenated alkanes) is 2. The van der Waals surface area contributed by atoms with Crippen LogP contribution in [0.15, 0.2) is 4.99 Å². The van der Waals surface area contributed by atoms with Crippen LogP contribution < -0.4 is 55.7 Å². The molecule has 0 radical (unpaired) electrons. The Hall–Kier alpha value is -4.56. The van der Waals surface area contributed by atoms with E-state index in [1.807, 2.05) is 0 Å². The second-order valence-corrected chi connectivity index (χ2v) is 11.8. The lowest BCUT2D eigenvalue weighted by Crippen LogP contribution is -2.57. The Morgan fingerprint density at radius 2 is 1.37 bits per heavy atom. The number of nitrogens with one attached hydrogen (secondary N) is 4. The van der Waals surface area contributed by atoms with E-state index >= 15 is 0 Å². The molecule has 5 atom stereocenters. The Morgan fingerprint density at radius 1 is 0.796 bits per heavy atom. The minimum absolute atomic E-state index is 0.0197. The van der Waals surface area contributed by atoms with E-state index in [1.165, 1.54) is 4.90 Å². The van der Waals surface area contributed by atoms with Crippen LogP contribution in [-0.4, -0.2) is 120 Å². The summed E-state index contributed by atoms with van der Waals surface area (Å²) in [5.41, 5.74) is 32.9. The summed E-state index contributed by atoms with van der Waals surface area (Å²) < 4.78 is 0. The van der Waals surface area contributed by atoms with Crippen LogP contribution >= 0.6 is 0 Å². The molecule has 49 heavy (non-hydrogen) atoms. The summed E-state index contributed by atoms with van der Waals surface area (Å²) in [6.45, 7) is 0.720. The van der Waals surface area contributed by atoms with E-state index in [9.17, 15) is 38.7 Å². The molecule has 5 unspecified atom stereocenters. The fraction of sp³-hybridized carbons (Fsp3) is 0.724. The van der Waals surface area contributed by atoms with Gasteiger partial charge in [-0.15, -0.1) is 0 Å². The second kappa shape index (κ2) is 22.9. The van der Waals surface area contributed by atoms with Gasteiger partial charge in [-0.2, -0.15) is 0 Å². The molecule has 1 aliphatic rings. The lowest BCUT2D eigenvalue weighted by molar-refractivity contribution is -0.143. The molecule has 6 amide bonds. The minimum atomic E-state index is -1.63. The molecular weight excluding hydrogens is 644 g/mol. The number of carboxylic acid groups (broad SMARTS) is 1. The molecule has 17 N–H and O–H groups in total. The predicted molar refractivity (Wildman–Crippen MR) is 179 cm³/mol. The largest absolute Gasteiger partial charge is 0.480 e.